The zero-order valence-electron chi connectivity index (χ0n) is 52.7. The van der Waals surface area contributed by atoms with Crippen molar-refractivity contribution in [3.63, 3.8) is 0 Å². The first kappa shape index (κ1) is 57.3. The molecule has 4 aliphatic rings. The number of rotatable bonds is 16. The van der Waals surface area contributed by atoms with Crippen LogP contribution in [0.5, 0.6) is 0 Å². The molecule has 94 heavy (non-hydrogen) atoms. The Kier molecular flexibility index (Phi) is 15.0. The Balaban J connectivity index is 0.916. The summed E-state index contributed by atoms with van der Waals surface area (Å²) in [6.45, 7) is 4.19. The van der Waals surface area contributed by atoms with Gasteiger partial charge >= 0.3 is 0 Å². The molecule has 12 aromatic rings. The lowest BCUT2D eigenvalue weighted by molar-refractivity contribution is 0.708. The minimum atomic E-state index is -0.808. The van der Waals surface area contributed by atoms with Gasteiger partial charge in [-0.1, -0.05) is 206 Å². The van der Waals surface area contributed by atoms with Gasteiger partial charge in [-0.25, -0.2) is 0 Å². The van der Waals surface area contributed by atoms with Gasteiger partial charge in [0.15, 0.2) is 0 Å². The van der Waals surface area contributed by atoms with Gasteiger partial charge in [0.1, 0.15) is 0 Å². The lowest BCUT2D eigenvalue weighted by Crippen LogP contribution is -2.35. The molecular formula is C89H69N5. The monoisotopic (exact) mass is 1210 g/mol. The lowest BCUT2D eigenvalue weighted by Gasteiger charge is -2.41. The molecule has 0 N–H and O–H groups in total. The summed E-state index contributed by atoms with van der Waals surface area (Å²) in [6, 6.07) is 102. The van der Waals surface area contributed by atoms with Crippen LogP contribution in [0.25, 0.3) is 39.6 Å². The van der Waals surface area contributed by atoms with Crippen molar-refractivity contribution >= 4 is 90.8 Å². The van der Waals surface area contributed by atoms with E-state index in [9.17, 15) is 0 Å². The summed E-state index contributed by atoms with van der Waals surface area (Å²) >= 11 is 0. The van der Waals surface area contributed by atoms with Gasteiger partial charge in [-0.15, -0.1) is 0 Å². The number of para-hydroxylation sites is 7. The molecule has 1 spiro atoms. The number of anilines is 10. The van der Waals surface area contributed by atoms with Gasteiger partial charge in [0.2, 0.25) is 0 Å². The van der Waals surface area contributed by atoms with E-state index in [-0.39, 0.29) is 5.92 Å². The van der Waals surface area contributed by atoms with Crippen LogP contribution in [0.2, 0.25) is 0 Å². The number of fused-ring (bicyclic) bond motifs is 10. The number of benzene rings is 11. The molecule has 0 amide bonds. The van der Waals surface area contributed by atoms with Crippen molar-refractivity contribution in [3.8, 4) is 5.69 Å². The quantitative estimate of drug-likeness (QED) is 0.0897. The second-order valence-electron chi connectivity index (χ2n) is 24.3. The fraction of sp³-hybridized carbons (Fsp3) is 0.0562. The fourth-order valence-corrected chi connectivity index (χ4v) is 14.9. The molecule has 0 saturated carbocycles. The van der Waals surface area contributed by atoms with E-state index in [0.29, 0.717) is 0 Å². The van der Waals surface area contributed by atoms with Crippen molar-refractivity contribution in [1.82, 2.24) is 4.57 Å². The maximum absolute atomic E-state index is 2.54. The molecule has 2 heterocycles. The average Bonchev–Trinajstić information content (AvgIpc) is 1.52. The molecule has 2 atom stereocenters. The zero-order valence-corrected chi connectivity index (χ0v) is 52.7. The number of aromatic nitrogens is 1. The molecule has 450 valence electrons. The van der Waals surface area contributed by atoms with E-state index in [1.165, 1.54) is 66.6 Å². The van der Waals surface area contributed by atoms with Crippen LogP contribution < -0.4 is 19.6 Å². The van der Waals surface area contributed by atoms with Gasteiger partial charge in [-0.3, -0.25) is 0 Å². The van der Waals surface area contributed by atoms with Gasteiger partial charge in [-0.05, 0) is 217 Å². The molecule has 1 aromatic heterocycles. The van der Waals surface area contributed by atoms with Gasteiger partial charge in [0.05, 0.1) is 22.1 Å². The Morgan fingerprint density at radius 3 is 1.66 bits per heavy atom. The van der Waals surface area contributed by atoms with Gasteiger partial charge < -0.3 is 24.2 Å². The maximum Gasteiger partial charge on any atom is 0.0750 e. The summed E-state index contributed by atoms with van der Waals surface area (Å²) < 4.78 is 2.54. The van der Waals surface area contributed by atoms with Crippen LogP contribution in [-0.4, -0.2) is 4.57 Å². The number of allylic oxidation sites excluding steroid dienone is 14. The molecule has 11 aromatic carbocycles. The third-order valence-electron chi connectivity index (χ3n) is 18.9. The van der Waals surface area contributed by atoms with E-state index < -0.39 is 5.41 Å². The maximum atomic E-state index is 2.54. The van der Waals surface area contributed by atoms with Gasteiger partial charge in [0.25, 0.3) is 0 Å². The molecule has 5 heteroatoms. The molecular weight excluding hydrogens is 1140 g/mol. The number of hydrogen-bond acceptors (Lipinski definition) is 4. The summed E-state index contributed by atoms with van der Waals surface area (Å²) in [5.74, 6) is 0.152. The second kappa shape index (κ2) is 24.7. The Morgan fingerprint density at radius 2 is 1.00 bits per heavy atom. The Hall–Kier alpha value is -11.9. The molecule has 2 unspecified atom stereocenters. The standard InChI is InChI=1S/C89H69N5/c1-3-5-10-29-64-30-25-41-77(60-64)92(74-54-52-72(53-55-74)90(68-33-11-6-12-34-68)69-35-13-7-14-36-69)76(28-4-2)62-67-61-66-50-51-78(63-84(66)89(67)82-45-22-24-48-87(82)94-86-47-23-21-43-80(86)81-44-27-46-83(89)88(81)94)93(85-49-26-32-65-31-19-20-42-79(65)85)75-58-56-73(57-59-75)91(70-37-15-8-16-38-70)71-39-17-9-18-40-71/h3-41,43-63,79H,42H2,1-2H3/b5-3-,28-4-,29-10-,76-62+. The predicted octanol–water partition coefficient (Wildman–Crippen LogP) is 23.8. The molecule has 0 radical (unpaired) electrons. The third kappa shape index (κ3) is 9.97. The van der Waals surface area contributed by atoms with Crippen LogP contribution in [0.15, 0.2) is 375 Å². The highest BCUT2D eigenvalue weighted by atomic mass is 15.2. The van der Waals surface area contributed by atoms with Crippen molar-refractivity contribution in [2.45, 2.75) is 25.7 Å². The normalized spacial score (nSPS) is 16.1. The Labute approximate surface area is 551 Å². The molecule has 16 rings (SSSR count). The van der Waals surface area contributed by atoms with E-state index in [4.69, 9.17) is 0 Å². The van der Waals surface area contributed by atoms with Crippen LogP contribution >= 0.6 is 0 Å². The topological polar surface area (TPSA) is 17.9 Å². The minimum absolute atomic E-state index is 0.152. The number of nitrogens with zero attached hydrogens (tertiary/aromatic N) is 5. The summed E-state index contributed by atoms with van der Waals surface area (Å²) in [7, 11) is 0. The Morgan fingerprint density at radius 1 is 0.447 bits per heavy atom. The van der Waals surface area contributed by atoms with E-state index in [1.807, 2.05) is 0 Å². The lowest BCUT2D eigenvalue weighted by atomic mass is 9.64. The predicted molar refractivity (Wildman–Crippen MR) is 397 cm³/mol. The van der Waals surface area contributed by atoms with Crippen molar-refractivity contribution < 1.29 is 0 Å². The van der Waals surface area contributed by atoms with Crippen molar-refractivity contribution in [3.05, 3.63) is 402 Å². The summed E-state index contributed by atoms with van der Waals surface area (Å²) in [5, 5.41) is 2.47. The highest BCUT2D eigenvalue weighted by Gasteiger charge is 2.50. The largest absolute Gasteiger partial charge is 0.314 e. The van der Waals surface area contributed by atoms with Crippen molar-refractivity contribution in [2.24, 2.45) is 5.92 Å². The summed E-state index contributed by atoms with van der Waals surface area (Å²) in [4.78, 5) is 9.65. The molecule has 3 aliphatic carbocycles. The third-order valence-corrected chi connectivity index (χ3v) is 18.9. The smallest absolute Gasteiger partial charge is 0.0750 e. The van der Waals surface area contributed by atoms with Crippen LogP contribution in [0.4, 0.5) is 56.9 Å². The van der Waals surface area contributed by atoms with Gasteiger partial charge in [-0.2, -0.15) is 0 Å². The summed E-state index contributed by atoms with van der Waals surface area (Å²) in [5.41, 5.74) is 24.3. The SMILES string of the molecule is C/C=C\C=C/c1cccc(N(C(/C=C\C)=C/C2=Cc3ccc(N(C4=CC=CC5=CC=CCC54)c4ccc(N(c5ccccc5)c5ccccc5)cc4)cc3C23c2ccccc2-n2c4ccccc4c4cccc3c42)c2ccc(N(c3ccccc3)c3ccccc3)cc2)c1. The highest BCUT2D eigenvalue weighted by molar-refractivity contribution is 6.12. The second-order valence-corrected chi connectivity index (χ2v) is 24.3. The van der Waals surface area contributed by atoms with E-state index in [1.54, 1.807) is 0 Å². The molecule has 1 aliphatic heterocycles. The van der Waals surface area contributed by atoms with Crippen LogP contribution in [0.3, 0.4) is 0 Å². The van der Waals surface area contributed by atoms with E-state index >= 15 is 0 Å². The van der Waals surface area contributed by atoms with Crippen molar-refractivity contribution in [2.75, 3.05) is 19.6 Å². The first-order valence-electron chi connectivity index (χ1n) is 32.7. The van der Waals surface area contributed by atoms with Gasteiger partial charge in [0, 0.05) is 85.0 Å². The number of hydrogen-bond donors (Lipinski definition) is 0. The molecule has 0 fully saturated rings. The van der Waals surface area contributed by atoms with E-state index in [0.717, 1.165) is 74.6 Å². The zero-order chi connectivity index (χ0) is 63.0. The Bertz CT molecular complexity index is 5040. The van der Waals surface area contributed by atoms with E-state index in [2.05, 4.69) is 402 Å². The summed E-state index contributed by atoms with van der Waals surface area (Å²) in [6.07, 6.45) is 32.5. The van der Waals surface area contributed by atoms with Crippen molar-refractivity contribution in [1.29, 1.82) is 0 Å². The molecule has 5 nitrogen and oxygen atoms in total. The van der Waals surface area contributed by atoms with Crippen LogP contribution in [-0.2, 0) is 5.41 Å². The fourth-order valence-electron chi connectivity index (χ4n) is 14.9. The first-order valence-corrected chi connectivity index (χ1v) is 32.7. The van der Waals surface area contributed by atoms with Crippen LogP contribution in [0, 0.1) is 5.92 Å². The first-order chi connectivity index (χ1) is 46.6. The minimum Gasteiger partial charge on any atom is -0.314 e. The molecule has 0 bridgehead atoms. The average molecular weight is 1210 g/mol. The van der Waals surface area contributed by atoms with Crippen LogP contribution in [0.1, 0.15) is 48.1 Å². The highest BCUT2D eigenvalue weighted by Crippen LogP contribution is 2.60. The molecule has 0 saturated heterocycles.